The van der Waals surface area contributed by atoms with Crippen LogP contribution in [0.3, 0.4) is 0 Å². The highest BCUT2D eigenvalue weighted by Crippen LogP contribution is 2.17. The molecule has 0 bridgehead atoms. The molecular weight excluding hydrogens is 230 g/mol. The molecule has 0 heterocycles. The molecule has 1 aromatic carbocycles. The molecule has 0 radical (unpaired) electrons. The first kappa shape index (κ1) is 10.5. The molecule has 1 atom stereocenters. The van der Waals surface area contributed by atoms with Gasteiger partial charge in [-0.15, -0.1) is 0 Å². The van der Waals surface area contributed by atoms with Crippen LogP contribution in [-0.2, 0) is 0 Å². The Bertz CT molecular complexity index is 258. The zero-order chi connectivity index (χ0) is 9.84. The first-order valence-corrected chi connectivity index (χ1v) is 4.97. The van der Waals surface area contributed by atoms with Crippen molar-refractivity contribution < 1.29 is 4.74 Å². The van der Waals surface area contributed by atoms with Crippen LogP contribution in [-0.4, -0.2) is 25.2 Å². The number of hydrogen-bond donors (Lipinski definition) is 0. The predicted octanol–water partition coefficient (Wildman–Crippen LogP) is 2.74. The van der Waals surface area contributed by atoms with Gasteiger partial charge in [-0.2, -0.15) is 0 Å². The van der Waals surface area contributed by atoms with Gasteiger partial charge >= 0.3 is 0 Å². The van der Waals surface area contributed by atoms with Crippen LogP contribution in [0, 0.1) is 0 Å². The SMILES string of the molecule is CC(Oc1ccc(Br)cc1)N(C)C. The average Bonchev–Trinajstić information content (AvgIpc) is 2.08. The second-order valence-electron chi connectivity index (χ2n) is 3.13. The molecule has 72 valence electrons. The molecule has 0 spiro atoms. The highest BCUT2D eigenvalue weighted by atomic mass is 79.9. The lowest BCUT2D eigenvalue weighted by molar-refractivity contribution is 0.0815. The van der Waals surface area contributed by atoms with E-state index in [1.807, 2.05) is 50.2 Å². The minimum atomic E-state index is 0.0983. The summed E-state index contributed by atoms with van der Waals surface area (Å²) < 4.78 is 6.70. The summed E-state index contributed by atoms with van der Waals surface area (Å²) in [7, 11) is 3.98. The minimum Gasteiger partial charge on any atom is -0.475 e. The van der Waals surface area contributed by atoms with E-state index in [9.17, 15) is 0 Å². The molecule has 1 rings (SSSR count). The fourth-order valence-electron chi connectivity index (χ4n) is 0.816. The number of benzene rings is 1. The van der Waals surface area contributed by atoms with Crippen LogP contribution >= 0.6 is 15.9 Å². The van der Waals surface area contributed by atoms with Crippen molar-refractivity contribution in [3.63, 3.8) is 0 Å². The summed E-state index contributed by atoms with van der Waals surface area (Å²) in [6.45, 7) is 2.02. The van der Waals surface area contributed by atoms with Crippen molar-refractivity contribution in [2.45, 2.75) is 13.2 Å². The highest BCUT2D eigenvalue weighted by molar-refractivity contribution is 9.10. The molecule has 0 amide bonds. The number of ether oxygens (including phenoxy) is 1. The van der Waals surface area contributed by atoms with Gasteiger partial charge in [0, 0.05) is 4.47 Å². The quantitative estimate of drug-likeness (QED) is 0.758. The third-order valence-corrected chi connectivity index (χ3v) is 2.38. The maximum Gasteiger partial charge on any atom is 0.149 e. The Hall–Kier alpha value is -0.540. The van der Waals surface area contributed by atoms with Gasteiger partial charge in [0.25, 0.3) is 0 Å². The van der Waals surface area contributed by atoms with E-state index in [-0.39, 0.29) is 6.23 Å². The normalized spacial score (nSPS) is 13.0. The Labute approximate surface area is 87.6 Å². The molecule has 1 unspecified atom stereocenters. The average molecular weight is 244 g/mol. The molecule has 0 fully saturated rings. The van der Waals surface area contributed by atoms with Crippen molar-refractivity contribution in [2.75, 3.05) is 14.1 Å². The van der Waals surface area contributed by atoms with Gasteiger partial charge in [0.15, 0.2) is 0 Å². The van der Waals surface area contributed by atoms with Gasteiger partial charge in [-0.05, 0) is 45.3 Å². The van der Waals surface area contributed by atoms with Crippen LogP contribution < -0.4 is 4.74 Å². The summed E-state index contributed by atoms with van der Waals surface area (Å²) >= 11 is 3.37. The molecule has 0 aliphatic rings. The van der Waals surface area contributed by atoms with E-state index >= 15 is 0 Å². The molecule has 1 aromatic rings. The Kier molecular flexibility index (Phi) is 3.75. The van der Waals surface area contributed by atoms with Crippen LogP contribution in [0.4, 0.5) is 0 Å². The molecular formula is C10H14BrNO. The number of nitrogens with zero attached hydrogens (tertiary/aromatic N) is 1. The fourth-order valence-corrected chi connectivity index (χ4v) is 1.08. The van der Waals surface area contributed by atoms with Crippen molar-refractivity contribution in [2.24, 2.45) is 0 Å². The summed E-state index contributed by atoms with van der Waals surface area (Å²) in [5.41, 5.74) is 0. The Balaban J connectivity index is 2.59. The van der Waals surface area contributed by atoms with Crippen LogP contribution in [0.25, 0.3) is 0 Å². The molecule has 0 saturated carbocycles. The zero-order valence-corrected chi connectivity index (χ0v) is 9.71. The fraction of sp³-hybridized carbons (Fsp3) is 0.400. The number of hydrogen-bond acceptors (Lipinski definition) is 2. The van der Waals surface area contributed by atoms with E-state index in [4.69, 9.17) is 4.74 Å². The summed E-state index contributed by atoms with van der Waals surface area (Å²) in [5, 5.41) is 0. The number of rotatable bonds is 3. The van der Waals surface area contributed by atoms with Crippen LogP contribution in [0.15, 0.2) is 28.7 Å². The molecule has 2 nitrogen and oxygen atoms in total. The predicted molar refractivity (Wildman–Crippen MR) is 57.9 cm³/mol. The lowest BCUT2D eigenvalue weighted by Crippen LogP contribution is -2.30. The van der Waals surface area contributed by atoms with E-state index in [2.05, 4.69) is 15.9 Å². The molecule has 0 aliphatic carbocycles. The smallest absolute Gasteiger partial charge is 0.149 e. The standard InChI is InChI=1S/C10H14BrNO/c1-8(12(2)3)13-10-6-4-9(11)5-7-10/h4-8H,1-3H3. The lowest BCUT2D eigenvalue weighted by atomic mass is 10.3. The van der Waals surface area contributed by atoms with E-state index in [0.29, 0.717) is 0 Å². The molecule has 0 aromatic heterocycles. The maximum absolute atomic E-state index is 5.64. The molecule has 0 saturated heterocycles. The van der Waals surface area contributed by atoms with E-state index < -0.39 is 0 Å². The maximum atomic E-state index is 5.64. The molecule has 13 heavy (non-hydrogen) atoms. The zero-order valence-electron chi connectivity index (χ0n) is 8.12. The van der Waals surface area contributed by atoms with Crippen molar-refractivity contribution >= 4 is 15.9 Å². The van der Waals surface area contributed by atoms with E-state index in [1.54, 1.807) is 0 Å². The molecule has 0 aliphatic heterocycles. The minimum absolute atomic E-state index is 0.0983. The van der Waals surface area contributed by atoms with Gasteiger partial charge in [0.2, 0.25) is 0 Å². The Morgan fingerprint density at radius 1 is 1.23 bits per heavy atom. The summed E-state index contributed by atoms with van der Waals surface area (Å²) in [4.78, 5) is 2.02. The molecule has 3 heteroatoms. The van der Waals surface area contributed by atoms with Crippen LogP contribution in [0.5, 0.6) is 5.75 Å². The van der Waals surface area contributed by atoms with Gasteiger partial charge in [-0.25, -0.2) is 0 Å². The Morgan fingerprint density at radius 2 is 1.77 bits per heavy atom. The van der Waals surface area contributed by atoms with Crippen molar-refractivity contribution in [1.82, 2.24) is 4.90 Å². The van der Waals surface area contributed by atoms with Crippen molar-refractivity contribution in [3.05, 3.63) is 28.7 Å². The first-order chi connectivity index (χ1) is 6.09. The largest absolute Gasteiger partial charge is 0.475 e. The summed E-state index contributed by atoms with van der Waals surface area (Å²) in [6.07, 6.45) is 0.0983. The highest BCUT2D eigenvalue weighted by Gasteiger charge is 2.04. The summed E-state index contributed by atoms with van der Waals surface area (Å²) in [6, 6.07) is 7.84. The van der Waals surface area contributed by atoms with Gasteiger partial charge in [-0.3, -0.25) is 4.90 Å². The third kappa shape index (κ3) is 3.36. The first-order valence-electron chi connectivity index (χ1n) is 4.18. The van der Waals surface area contributed by atoms with Gasteiger partial charge in [-0.1, -0.05) is 15.9 Å². The summed E-state index contributed by atoms with van der Waals surface area (Å²) in [5.74, 6) is 0.893. The number of halogens is 1. The van der Waals surface area contributed by atoms with Crippen molar-refractivity contribution in [1.29, 1.82) is 0 Å². The Morgan fingerprint density at radius 3 is 2.23 bits per heavy atom. The van der Waals surface area contributed by atoms with Crippen LogP contribution in [0.2, 0.25) is 0 Å². The third-order valence-electron chi connectivity index (χ3n) is 1.85. The van der Waals surface area contributed by atoms with Crippen LogP contribution in [0.1, 0.15) is 6.92 Å². The van der Waals surface area contributed by atoms with E-state index in [0.717, 1.165) is 10.2 Å². The van der Waals surface area contributed by atoms with Gasteiger partial charge in [0.05, 0.1) is 0 Å². The van der Waals surface area contributed by atoms with E-state index in [1.165, 1.54) is 0 Å². The van der Waals surface area contributed by atoms with Gasteiger partial charge < -0.3 is 4.74 Å². The topological polar surface area (TPSA) is 12.5 Å². The monoisotopic (exact) mass is 243 g/mol. The second-order valence-corrected chi connectivity index (χ2v) is 4.05. The van der Waals surface area contributed by atoms with Crippen molar-refractivity contribution in [3.8, 4) is 5.75 Å². The molecule has 0 N–H and O–H groups in total. The second kappa shape index (κ2) is 4.63. The van der Waals surface area contributed by atoms with Gasteiger partial charge in [0.1, 0.15) is 12.0 Å². The lowest BCUT2D eigenvalue weighted by Gasteiger charge is -2.21.